The molecule has 0 saturated carbocycles. The van der Waals surface area contributed by atoms with Gasteiger partial charge in [0.25, 0.3) is 5.91 Å². The minimum atomic E-state index is -0.874. The first-order valence-corrected chi connectivity index (χ1v) is 10.8. The summed E-state index contributed by atoms with van der Waals surface area (Å²) in [6.07, 6.45) is 0.303. The van der Waals surface area contributed by atoms with Crippen LogP contribution in [0.4, 0.5) is 5.69 Å². The summed E-state index contributed by atoms with van der Waals surface area (Å²) in [6.45, 7) is 6.42. The molecule has 1 aliphatic rings. The van der Waals surface area contributed by atoms with Gasteiger partial charge in [-0.2, -0.15) is 0 Å². The third-order valence-corrected chi connectivity index (χ3v) is 5.73. The first-order valence-electron chi connectivity index (χ1n) is 10.8. The number of pyridine rings is 1. The van der Waals surface area contributed by atoms with Crippen LogP contribution in [0.1, 0.15) is 41.9 Å². The molecule has 1 amide bonds. The lowest BCUT2D eigenvalue weighted by Crippen LogP contribution is -2.35. The Labute approximate surface area is 182 Å². The van der Waals surface area contributed by atoms with E-state index in [1.165, 1.54) is 0 Å². The summed E-state index contributed by atoms with van der Waals surface area (Å²) < 4.78 is 5.77. The second kappa shape index (κ2) is 9.27. The number of hydrogen-bond donors (Lipinski definition) is 1. The van der Waals surface area contributed by atoms with Gasteiger partial charge in [-0.15, -0.1) is 0 Å². The van der Waals surface area contributed by atoms with E-state index in [2.05, 4.69) is 17.1 Å². The molecule has 1 unspecified atom stereocenters. The van der Waals surface area contributed by atoms with Gasteiger partial charge in [-0.3, -0.25) is 14.7 Å². The normalized spacial score (nSPS) is 14.6. The average molecular weight is 418 g/mol. The molecule has 1 N–H and O–H groups in total. The molecule has 3 aromatic rings. The number of amides is 1. The molecule has 0 saturated heterocycles. The lowest BCUT2D eigenvalue weighted by Gasteiger charge is -2.29. The van der Waals surface area contributed by atoms with E-state index in [1.54, 1.807) is 12.1 Å². The van der Waals surface area contributed by atoms with Gasteiger partial charge in [0.1, 0.15) is 0 Å². The van der Waals surface area contributed by atoms with Crippen molar-refractivity contribution < 1.29 is 14.3 Å². The van der Waals surface area contributed by atoms with E-state index in [0.717, 1.165) is 41.7 Å². The highest BCUT2D eigenvalue weighted by atomic mass is 16.5. The Balaban J connectivity index is 1.65. The van der Waals surface area contributed by atoms with Crippen LogP contribution in [0, 0.1) is 0 Å². The van der Waals surface area contributed by atoms with Crippen LogP contribution >= 0.6 is 0 Å². The maximum atomic E-state index is 13.4. The van der Waals surface area contributed by atoms with Gasteiger partial charge in [0.2, 0.25) is 0 Å². The van der Waals surface area contributed by atoms with Crippen LogP contribution in [0.25, 0.3) is 10.9 Å². The Morgan fingerprint density at radius 1 is 1.10 bits per heavy atom. The van der Waals surface area contributed by atoms with Gasteiger partial charge in [0.15, 0.2) is 6.10 Å². The van der Waals surface area contributed by atoms with Crippen LogP contribution in [0.5, 0.6) is 0 Å². The van der Waals surface area contributed by atoms with Gasteiger partial charge in [-0.25, -0.2) is 4.79 Å². The molecule has 2 aromatic carbocycles. The maximum Gasteiger partial charge on any atom is 0.340 e. The summed E-state index contributed by atoms with van der Waals surface area (Å²) in [5, 5.41) is 3.59. The van der Waals surface area contributed by atoms with E-state index in [4.69, 9.17) is 9.72 Å². The van der Waals surface area contributed by atoms with Crippen molar-refractivity contribution in [3.8, 4) is 0 Å². The first kappa shape index (κ1) is 21.0. The fourth-order valence-corrected chi connectivity index (χ4v) is 4.00. The standard InChI is InChI=1S/C25H27N3O3/c1-3-22(24(29)26-17-10-6-5-7-11-17)31-25(30)23-18-12-8-9-13-20(18)27-21-14-15-28(4-2)16-19(21)23/h5-13,22H,3-4,14-16H2,1-2H3,(H,26,29). The van der Waals surface area contributed by atoms with Gasteiger partial charge in [-0.1, -0.05) is 50.2 Å². The van der Waals surface area contributed by atoms with E-state index in [9.17, 15) is 9.59 Å². The summed E-state index contributed by atoms with van der Waals surface area (Å²) in [4.78, 5) is 33.2. The molecule has 0 aliphatic carbocycles. The molecule has 0 fully saturated rings. The summed E-state index contributed by atoms with van der Waals surface area (Å²) in [6, 6.07) is 16.8. The topological polar surface area (TPSA) is 71.5 Å². The zero-order valence-electron chi connectivity index (χ0n) is 17.9. The fraction of sp³-hybridized carbons (Fsp3) is 0.320. The number of hydrogen-bond acceptors (Lipinski definition) is 5. The summed E-state index contributed by atoms with van der Waals surface area (Å²) >= 11 is 0. The monoisotopic (exact) mass is 417 g/mol. The third-order valence-electron chi connectivity index (χ3n) is 5.73. The van der Waals surface area contributed by atoms with E-state index in [1.807, 2.05) is 49.4 Å². The molecule has 1 aliphatic heterocycles. The average Bonchev–Trinajstić information content (AvgIpc) is 2.81. The zero-order chi connectivity index (χ0) is 21.8. The van der Waals surface area contributed by atoms with E-state index in [-0.39, 0.29) is 5.91 Å². The molecule has 1 aromatic heterocycles. The lowest BCUT2D eigenvalue weighted by atomic mass is 9.95. The minimum Gasteiger partial charge on any atom is -0.449 e. The molecule has 160 valence electrons. The van der Waals surface area contributed by atoms with Gasteiger partial charge >= 0.3 is 5.97 Å². The number of esters is 1. The highest BCUT2D eigenvalue weighted by molar-refractivity contribution is 6.06. The number of benzene rings is 2. The molecule has 0 bridgehead atoms. The highest BCUT2D eigenvalue weighted by Crippen LogP contribution is 2.29. The van der Waals surface area contributed by atoms with Crippen molar-refractivity contribution >= 4 is 28.5 Å². The third kappa shape index (κ3) is 4.44. The number of ether oxygens (including phenoxy) is 1. The minimum absolute atomic E-state index is 0.329. The van der Waals surface area contributed by atoms with E-state index < -0.39 is 12.1 Å². The predicted molar refractivity (Wildman–Crippen MR) is 121 cm³/mol. The van der Waals surface area contributed by atoms with Crippen molar-refractivity contribution in [3.05, 3.63) is 71.4 Å². The van der Waals surface area contributed by atoms with Crippen LogP contribution in [0.3, 0.4) is 0 Å². The Morgan fingerprint density at radius 3 is 2.58 bits per heavy atom. The second-order valence-electron chi connectivity index (χ2n) is 7.71. The van der Waals surface area contributed by atoms with Gasteiger partial charge in [0.05, 0.1) is 11.1 Å². The van der Waals surface area contributed by atoms with Gasteiger partial charge < -0.3 is 10.1 Å². The number of rotatable bonds is 6. The summed E-state index contributed by atoms with van der Waals surface area (Å²) in [7, 11) is 0. The molecule has 0 spiro atoms. The summed E-state index contributed by atoms with van der Waals surface area (Å²) in [5.41, 5.74) is 3.84. The maximum absolute atomic E-state index is 13.4. The van der Waals surface area contributed by atoms with Crippen molar-refractivity contribution in [1.82, 2.24) is 9.88 Å². The molecular formula is C25H27N3O3. The predicted octanol–water partition coefficient (Wildman–Crippen LogP) is 4.19. The Kier molecular flexibility index (Phi) is 6.28. The SMILES string of the molecule is CCC(OC(=O)c1c2c(nc3ccccc13)CCN(CC)C2)C(=O)Nc1ccccc1. The van der Waals surface area contributed by atoms with Crippen LogP contribution in [0.2, 0.25) is 0 Å². The first-order chi connectivity index (χ1) is 15.1. The number of nitrogens with one attached hydrogen (secondary N) is 1. The second-order valence-corrected chi connectivity index (χ2v) is 7.71. The van der Waals surface area contributed by atoms with Crippen LogP contribution in [-0.2, 0) is 22.5 Å². The number of carbonyl (C=O) groups is 2. The molecule has 2 heterocycles. The largest absolute Gasteiger partial charge is 0.449 e. The fourth-order valence-electron chi connectivity index (χ4n) is 4.00. The van der Waals surface area contributed by atoms with Gasteiger partial charge in [0, 0.05) is 41.8 Å². The number of aromatic nitrogens is 1. The molecule has 6 heteroatoms. The molecule has 4 rings (SSSR count). The highest BCUT2D eigenvalue weighted by Gasteiger charge is 2.29. The molecule has 6 nitrogen and oxygen atoms in total. The van der Waals surface area contributed by atoms with Crippen molar-refractivity contribution in [2.24, 2.45) is 0 Å². The van der Waals surface area contributed by atoms with Crippen molar-refractivity contribution in [2.45, 2.75) is 39.3 Å². The van der Waals surface area contributed by atoms with E-state index in [0.29, 0.717) is 24.2 Å². The molecule has 0 radical (unpaired) electrons. The number of nitrogens with zero attached hydrogens (tertiary/aromatic N) is 2. The van der Waals surface area contributed by atoms with Crippen LogP contribution < -0.4 is 5.32 Å². The number of fused-ring (bicyclic) bond motifs is 2. The number of anilines is 1. The smallest absolute Gasteiger partial charge is 0.340 e. The Bertz CT molecular complexity index is 1100. The number of likely N-dealkylation sites (N-methyl/N-ethyl adjacent to an activating group) is 1. The molecular weight excluding hydrogens is 390 g/mol. The number of para-hydroxylation sites is 2. The van der Waals surface area contributed by atoms with Crippen LogP contribution in [-0.4, -0.2) is 41.0 Å². The molecule has 1 atom stereocenters. The van der Waals surface area contributed by atoms with Crippen LogP contribution in [0.15, 0.2) is 54.6 Å². The van der Waals surface area contributed by atoms with Crippen molar-refractivity contribution in [2.75, 3.05) is 18.4 Å². The Hall–Kier alpha value is -3.25. The summed E-state index contributed by atoms with van der Waals surface area (Å²) in [5.74, 6) is -0.799. The number of carbonyl (C=O) groups excluding carboxylic acids is 2. The lowest BCUT2D eigenvalue weighted by molar-refractivity contribution is -0.124. The quantitative estimate of drug-likeness (QED) is 0.609. The van der Waals surface area contributed by atoms with Crippen molar-refractivity contribution in [1.29, 1.82) is 0 Å². The van der Waals surface area contributed by atoms with Gasteiger partial charge in [-0.05, 0) is 31.2 Å². The van der Waals surface area contributed by atoms with Crippen molar-refractivity contribution in [3.63, 3.8) is 0 Å². The zero-order valence-corrected chi connectivity index (χ0v) is 17.9. The Morgan fingerprint density at radius 2 is 1.84 bits per heavy atom. The molecule has 31 heavy (non-hydrogen) atoms. The van der Waals surface area contributed by atoms with E-state index >= 15 is 0 Å².